The van der Waals surface area contributed by atoms with E-state index in [0.29, 0.717) is 18.9 Å². The van der Waals surface area contributed by atoms with Crippen LogP contribution in [0, 0.1) is 16.0 Å². The summed E-state index contributed by atoms with van der Waals surface area (Å²) in [7, 11) is 1.60. The minimum atomic E-state index is -0.636. The van der Waals surface area contributed by atoms with Crippen LogP contribution < -0.4 is 5.73 Å². The number of nitrogens with zero attached hydrogens (tertiary/aromatic N) is 2. The lowest BCUT2D eigenvalue weighted by Crippen LogP contribution is -2.34. The molecule has 1 atom stereocenters. The lowest BCUT2D eigenvalue weighted by molar-refractivity contribution is -0.385. The van der Waals surface area contributed by atoms with Crippen LogP contribution in [0.5, 0.6) is 0 Å². The fourth-order valence-electron chi connectivity index (χ4n) is 1.86. The van der Waals surface area contributed by atoms with Gasteiger partial charge in [0, 0.05) is 19.6 Å². The summed E-state index contributed by atoms with van der Waals surface area (Å²) in [6.45, 7) is 4.45. The Morgan fingerprint density at radius 3 is 2.62 bits per heavy atom. The van der Waals surface area contributed by atoms with Gasteiger partial charge < -0.3 is 10.6 Å². The minimum absolute atomic E-state index is 0.00637. The Balaban J connectivity index is 2.89. The van der Waals surface area contributed by atoms with Gasteiger partial charge in [0.1, 0.15) is 10.6 Å². The van der Waals surface area contributed by atoms with Crippen molar-refractivity contribution in [3.63, 3.8) is 0 Å². The van der Waals surface area contributed by atoms with E-state index in [1.54, 1.807) is 7.05 Å². The molecular weight excluding hydrogens is 294 g/mol. The smallest absolute Gasteiger partial charge is 0.300 e. The third-order valence-electron chi connectivity index (χ3n) is 3.40. The molecule has 2 N–H and O–H groups in total. The number of para-hydroxylation sites is 1. The third-order valence-corrected chi connectivity index (χ3v) is 3.71. The first-order valence-corrected chi connectivity index (χ1v) is 7.07. The number of halogens is 1. The van der Waals surface area contributed by atoms with Crippen LogP contribution in [-0.2, 0) is 0 Å². The normalized spacial score (nSPS) is 12.3. The largest absolute Gasteiger partial charge is 0.341 e. The highest BCUT2D eigenvalue weighted by atomic mass is 35.5. The summed E-state index contributed by atoms with van der Waals surface area (Å²) in [5.74, 6) is -0.117. The number of benzene rings is 1. The Morgan fingerprint density at radius 1 is 1.48 bits per heavy atom. The van der Waals surface area contributed by atoms with Crippen molar-refractivity contribution in [2.24, 2.45) is 11.7 Å². The Kier molecular flexibility index (Phi) is 6.11. The average molecular weight is 314 g/mol. The zero-order valence-corrected chi connectivity index (χ0v) is 13.1. The first kappa shape index (κ1) is 17.4. The molecule has 1 rings (SSSR count). The summed E-state index contributed by atoms with van der Waals surface area (Å²) in [5, 5.41) is 11.0. The molecule has 0 saturated heterocycles. The van der Waals surface area contributed by atoms with Gasteiger partial charge in [0.05, 0.1) is 4.92 Å². The van der Waals surface area contributed by atoms with E-state index in [0.717, 1.165) is 0 Å². The minimum Gasteiger partial charge on any atom is -0.341 e. The Labute approximate surface area is 129 Å². The van der Waals surface area contributed by atoms with Crippen molar-refractivity contribution in [3.05, 3.63) is 38.9 Å². The van der Waals surface area contributed by atoms with E-state index >= 15 is 0 Å². The predicted molar refractivity (Wildman–Crippen MR) is 82.5 cm³/mol. The molecule has 7 heteroatoms. The molecule has 0 saturated carbocycles. The number of nitrogens with two attached hydrogens (primary N) is 1. The van der Waals surface area contributed by atoms with E-state index in [1.165, 1.54) is 23.1 Å². The van der Waals surface area contributed by atoms with Gasteiger partial charge in [-0.05, 0) is 24.5 Å². The maximum Gasteiger partial charge on any atom is 0.300 e. The average Bonchev–Trinajstić information content (AvgIpc) is 2.42. The lowest BCUT2D eigenvalue weighted by Gasteiger charge is -2.21. The fourth-order valence-corrected chi connectivity index (χ4v) is 2.10. The van der Waals surface area contributed by atoms with Crippen molar-refractivity contribution in [3.8, 4) is 0 Å². The summed E-state index contributed by atoms with van der Waals surface area (Å²) >= 11 is 5.81. The van der Waals surface area contributed by atoms with Crippen LogP contribution in [0.1, 0.15) is 30.6 Å². The molecule has 1 aromatic carbocycles. The van der Waals surface area contributed by atoms with Crippen molar-refractivity contribution in [1.29, 1.82) is 0 Å². The van der Waals surface area contributed by atoms with Gasteiger partial charge in [-0.2, -0.15) is 0 Å². The SMILES string of the molecule is CC(C)C(N)CCN(C)C(=O)c1cccc(Cl)c1[N+](=O)[O-]. The van der Waals surface area contributed by atoms with Crippen LogP contribution in [0.2, 0.25) is 5.02 Å². The molecule has 0 radical (unpaired) electrons. The van der Waals surface area contributed by atoms with Crippen LogP contribution in [0.4, 0.5) is 5.69 Å². The highest BCUT2D eigenvalue weighted by Crippen LogP contribution is 2.28. The van der Waals surface area contributed by atoms with E-state index in [4.69, 9.17) is 17.3 Å². The van der Waals surface area contributed by atoms with Gasteiger partial charge in [-0.1, -0.05) is 31.5 Å². The fraction of sp³-hybridized carbons (Fsp3) is 0.500. The van der Waals surface area contributed by atoms with Crippen LogP contribution in [0.15, 0.2) is 18.2 Å². The predicted octanol–water partition coefficient (Wildman–Crippen LogP) is 2.69. The number of nitro groups is 1. The summed E-state index contributed by atoms with van der Waals surface area (Å²) in [4.78, 5) is 24.2. The molecule has 116 valence electrons. The van der Waals surface area contributed by atoms with E-state index in [2.05, 4.69) is 0 Å². The number of carbonyl (C=O) groups excluding carboxylic acids is 1. The zero-order chi connectivity index (χ0) is 16.2. The molecule has 0 spiro atoms. The summed E-state index contributed by atoms with van der Waals surface area (Å²) in [5.41, 5.74) is 5.57. The summed E-state index contributed by atoms with van der Waals surface area (Å²) < 4.78 is 0. The van der Waals surface area contributed by atoms with Crippen LogP contribution in [0.25, 0.3) is 0 Å². The van der Waals surface area contributed by atoms with Crippen molar-refractivity contribution in [2.45, 2.75) is 26.3 Å². The van der Waals surface area contributed by atoms with Gasteiger partial charge in [0.15, 0.2) is 0 Å². The molecule has 0 aromatic heterocycles. The van der Waals surface area contributed by atoms with Crippen molar-refractivity contribution >= 4 is 23.2 Å². The zero-order valence-electron chi connectivity index (χ0n) is 12.4. The number of amides is 1. The Bertz CT molecular complexity index is 534. The first-order chi connectivity index (χ1) is 9.75. The number of hydrogen-bond acceptors (Lipinski definition) is 4. The van der Waals surface area contributed by atoms with Crippen molar-refractivity contribution in [1.82, 2.24) is 4.90 Å². The second-order valence-corrected chi connectivity index (χ2v) is 5.72. The molecule has 1 aromatic rings. The summed E-state index contributed by atoms with van der Waals surface area (Å²) in [6.07, 6.45) is 0.633. The van der Waals surface area contributed by atoms with Crippen LogP contribution in [-0.4, -0.2) is 35.4 Å². The van der Waals surface area contributed by atoms with Gasteiger partial charge in [-0.25, -0.2) is 0 Å². The second-order valence-electron chi connectivity index (χ2n) is 5.32. The van der Waals surface area contributed by atoms with Gasteiger partial charge in [0.2, 0.25) is 0 Å². The van der Waals surface area contributed by atoms with E-state index < -0.39 is 10.8 Å². The molecule has 0 heterocycles. The van der Waals surface area contributed by atoms with Crippen LogP contribution >= 0.6 is 11.6 Å². The van der Waals surface area contributed by atoms with E-state index in [1.807, 2.05) is 13.8 Å². The van der Waals surface area contributed by atoms with E-state index in [9.17, 15) is 14.9 Å². The molecule has 21 heavy (non-hydrogen) atoms. The number of carbonyl (C=O) groups is 1. The Hall–Kier alpha value is -1.66. The topological polar surface area (TPSA) is 89.5 Å². The monoisotopic (exact) mass is 313 g/mol. The number of hydrogen-bond donors (Lipinski definition) is 1. The van der Waals surface area contributed by atoms with Crippen LogP contribution in [0.3, 0.4) is 0 Å². The Morgan fingerprint density at radius 2 is 2.10 bits per heavy atom. The molecule has 0 aliphatic carbocycles. The molecular formula is C14H20ClN3O3. The molecule has 0 aliphatic rings. The molecule has 1 unspecified atom stereocenters. The highest BCUT2D eigenvalue weighted by Gasteiger charge is 2.25. The van der Waals surface area contributed by atoms with E-state index in [-0.39, 0.29) is 22.3 Å². The molecule has 0 fully saturated rings. The maximum atomic E-state index is 12.3. The van der Waals surface area contributed by atoms with Crippen molar-refractivity contribution in [2.75, 3.05) is 13.6 Å². The molecule has 0 aliphatic heterocycles. The molecule has 6 nitrogen and oxygen atoms in total. The van der Waals surface area contributed by atoms with Gasteiger partial charge >= 0.3 is 5.69 Å². The third kappa shape index (κ3) is 4.41. The number of nitro benzene ring substituents is 1. The standard InChI is InChI=1S/C14H20ClN3O3/c1-9(2)12(16)7-8-17(3)14(19)10-5-4-6-11(15)13(10)18(20)21/h4-6,9,12H,7-8,16H2,1-3H3. The highest BCUT2D eigenvalue weighted by molar-refractivity contribution is 6.33. The quantitative estimate of drug-likeness (QED) is 0.646. The second kappa shape index (κ2) is 7.38. The first-order valence-electron chi connectivity index (χ1n) is 6.69. The van der Waals surface area contributed by atoms with Gasteiger partial charge in [-0.3, -0.25) is 14.9 Å². The van der Waals surface area contributed by atoms with Gasteiger partial charge in [-0.15, -0.1) is 0 Å². The number of rotatable bonds is 6. The lowest BCUT2D eigenvalue weighted by atomic mass is 10.0. The maximum absolute atomic E-state index is 12.3. The molecule has 1 amide bonds. The summed E-state index contributed by atoms with van der Waals surface area (Å²) in [6, 6.07) is 4.31. The molecule has 0 bridgehead atoms. The van der Waals surface area contributed by atoms with Gasteiger partial charge in [0.25, 0.3) is 5.91 Å². The van der Waals surface area contributed by atoms with Crippen molar-refractivity contribution < 1.29 is 9.72 Å².